The van der Waals surface area contributed by atoms with Crippen LogP contribution in [-0.4, -0.2) is 62.0 Å². The van der Waals surface area contributed by atoms with E-state index in [-0.39, 0.29) is 24.2 Å². The van der Waals surface area contributed by atoms with Gasteiger partial charge >= 0.3 is 6.09 Å². The molecule has 1 amide bonds. The molecule has 2 aliphatic rings. The predicted octanol–water partition coefficient (Wildman–Crippen LogP) is 2.36. The zero-order valence-electron chi connectivity index (χ0n) is 16.6. The number of ether oxygens (including phenoxy) is 1. The number of aromatic nitrogens is 4. The molecule has 156 valence electrons. The van der Waals surface area contributed by atoms with Crippen molar-refractivity contribution in [3.8, 4) is 0 Å². The van der Waals surface area contributed by atoms with Crippen molar-refractivity contribution < 1.29 is 14.6 Å². The minimum Gasteiger partial charge on any atom is -0.447 e. The van der Waals surface area contributed by atoms with Crippen molar-refractivity contribution in [2.75, 3.05) is 13.2 Å². The van der Waals surface area contributed by atoms with Crippen LogP contribution in [-0.2, 0) is 17.6 Å². The molecule has 0 radical (unpaired) electrons. The highest BCUT2D eigenvalue weighted by Crippen LogP contribution is 2.47. The van der Waals surface area contributed by atoms with E-state index in [0.29, 0.717) is 18.9 Å². The van der Waals surface area contributed by atoms with Gasteiger partial charge in [-0.05, 0) is 43.1 Å². The number of carbonyl (C=O) groups is 1. The van der Waals surface area contributed by atoms with Gasteiger partial charge in [0.05, 0.1) is 12.1 Å². The van der Waals surface area contributed by atoms with Gasteiger partial charge in [0.15, 0.2) is 5.82 Å². The van der Waals surface area contributed by atoms with Gasteiger partial charge in [-0.15, -0.1) is 10.2 Å². The second-order valence-corrected chi connectivity index (χ2v) is 8.15. The van der Waals surface area contributed by atoms with E-state index in [0.717, 1.165) is 56.5 Å². The maximum atomic E-state index is 12.2. The number of hydrogen-bond acceptors (Lipinski definition) is 6. The summed E-state index contributed by atoms with van der Waals surface area (Å²) in [7, 11) is 0. The highest BCUT2D eigenvalue weighted by Gasteiger charge is 2.52. The number of aryl methyl sites for hydroxylation is 1. The minimum atomic E-state index is -0.356. The Labute approximate surface area is 170 Å². The smallest absolute Gasteiger partial charge is 0.410 e. The molecule has 4 atom stereocenters. The molecule has 4 unspecified atom stereocenters. The molecule has 2 N–H and O–H groups in total. The zero-order chi connectivity index (χ0) is 20.1. The molecule has 1 aliphatic heterocycles. The normalized spacial score (nSPS) is 24.5. The SMILES string of the molecule is O=C1OCC(C2CC2C(O)Cc2ccccc2)N1CCCCCCc1nn[nH]n1. The molecule has 2 heterocycles. The van der Waals surface area contributed by atoms with Crippen LogP contribution in [0.5, 0.6) is 0 Å². The van der Waals surface area contributed by atoms with Crippen LogP contribution in [0.25, 0.3) is 0 Å². The van der Waals surface area contributed by atoms with Gasteiger partial charge in [0, 0.05) is 13.0 Å². The Morgan fingerprint density at radius 1 is 1.21 bits per heavy atom. The number of benzene rings is 1. The fourth-order valence-corrected chi connectivity index (χ4v) is 4.41. The number of aliphatic hydroxyl groups excluding tert-OH is 1. The summed E-state index contributed by atoms with van der Waals surface area (Å²) in [5.74, 6) is 1.35. The minimum absolute atomic E-state index is 0.109. The summed E-state index contributed by atoms with van der Waals surface area (Å²) in [6.07, 6.45) is 6.01. The molecule has 4 rings (SSSR count). The van der Waals surface area contributed by atoms with Crippen LogP contribution < -0.4 is 0 Å². The summed E-state index contributed by atoms with van der Waals surface area (Å²) in [4.78, 5) is 14.1. The molecule has 1 saturated heterocycles. The first-order valence-corrected chi connectivity index (χ1v) is 10.6. The number of H-pyrrole nitrogens is 1. The molecule has 1 aromatic heterocycles. The summed E-state index contributed by atoms with van der Waals surface area (Å²) in [6.45, 7) is 1.18. The number of tetrazole rings is 1. The number of amides is 1. The maximum Gasteiger partial charge on any atom is 0.410 e. The molecule has 0 bridgehead atoms. The summed E-state index contributed by atoms with van der Waals surface area (Å²) in [5, 5.41) is 24.5. The van der Waals surface area contributed by atoms with Gasteiger partial charge in [0.2, 0.25) is 0 Å². The number of hydrogen-bond donors (Lipinski definition) is 2. The van der Waals surface area contributed by atoms with Gasteiger partial charge in [0.1, 0.15) is 6.61 Å². The Bertz CT molecular complexity index is 770. The van der Waals surface area contributed by atoms with Gasteiger partial charge in [-0.25, -0.2) is 4.79 Å². The van der Waals surface area contributed by atoms with Crippen molar-refractivity contribution in [3.05, 3.63) is 41.7 Å². The van der Waals surface area contributed by atoms with E-state index in [1.165, 1.54) is 0 Å². The maximum absolute atomic E-state index is 12.2. The summed E-state index contributed by atoms with van der Waals surface area (Å²) >= 11 is 0. The first kappa shape index (κ1) is 19.8. The molecule has 2 aromatic rings. The number of cyclic esters (lactones) is 1. The molecule has 29 heavy (non-hydrogen) atoms. The summed E-state index contributed by atoms with van der Waals surface area (Å²) in [6, 6.07) is 10.2. The Morgan fingerprint density at radius 2 is 2.03 bits per heavy atom. The number of aliphatic hydroxyl groups is 1. The Morgan fingerprint density at radius 3 is 2.83 bits per heavy atom. The van der Waals surface area contributed by atoms with Gasteiger partial charge in [-0.3, -0.25) is 0 Å². The van der Waals surface area contributed by atoms with E-state index in [1.54, 1.807) is 0 Å². The van der Waals surface area contributed by atoms with Gasteiger partial charge < -0.3 is 14.7 Å². The average molecular weight is 399 g/mol. The number of unbranched alkanes of at least 4 members (excludes halogenated alkanes) is 3. The summed E-state index contributed by atoms with van der Waals surface area (Å²) < 4.78 is 5.33. The van der Waals surface area contributed by atoms with E-state index in [1.807, 2.05) is 35.2 Å². The number of aromatic amines is 1. The van der Waals surface area contributed by atoms with Crippen molar-refractivity contribution >= 4 is 6.09 Å². The molecule has 1 aliphatic carbocycles. The lowest BCUT2D eigenvalue weighted by Crippen LogP contribution is -2.37. The van der Waals surface area contributed by atoms with Crippen LogP contribution in [0.3, 0.4) is 0 Å². The Kier molecular flexibility index (Phi) is 6.39. The van der Waals surface area contributed by atoms with Crippen LogP contribution in [0.2, 0.25) is 0 Å². The van der Waals surface area contributed by atoms with Gasteiger partial charge in [-0.2, -0.15) is 5.21 Å². The van der Waals surface area contributed by atoms with Crippen molar-refractivity contribution in [1.29, 1.82) is 0 Å². The van der Waals surface area contributed by atoms with E-state index in [4.69, 9.17) is 4.74 Å². The summed E-state index contributed by atoms with van der Waals surface area (Å²) in [5.41, 5.74) is 1.15. The van der Waals surface area contributed by atoms with Crippen LogP contribution >= 0.6 is 0 Å². The largest absolute Gasteiger partial charge is 0.447 e. The number of nitrogens with one attached hydrogen (secondary N) is 1. The van der Waals surface area contributed by atoms with E-state index >= 15 is 0 Å². The van der Waals surface area contributed by atoms with Crippen molar-refractivity contribution in [3.63, 3.8) is 0 Å². The third-order valence-electron chi connectivity index (χ3n) is 6.12. The van der Waals surface area contributed by atoms with E-state index in [2.05, 4.69) is 20.6 Å². The molecule has 2 fully saturated rings. The van der Waals surface area contributed by atoms with Crippen LogP contribution in [0, 0.1) is 11.8 Å². The van der Waals surface area contributed by atoms with E-state index in [9.17, 15) is 9.90 Å². The van der Waals surface area contributed by atoms with Crippen LogP contribution in [0.15, 0.2) is 30.3 Å². The third kappa shape index (κ3) is 5.12. The lowest BCUT2D eigenvalue weighted by molar-refractivity contribution is 0.133. The highest BCUT2D eigenvalue weighted by atomic mass is 16.6. The highest BCUT2D eigenvalue weighted by molar-refractivity contribution is 5.70. The molecule has 1 aromatic carbocycles. The standard InChI is InChI=1S/C21H29N5O3/c27-19(12-15-8-4-3-5-9-15)17-13-16(17)18-14-29-21(28)26(18)11-7-2-1-6-10-20-22-24-25-23-20/h3-5,8-9,16-19,27H,1-2,6-7,10-14H2,(H,22,23,24,25). The monoisotopic (exact) mass is 399 g/mol. The van der Waals surface area contributed by atoms with Crippen molar-refractivity contribution in [2.45, 2.75) is 57.1 Å². The molecule has 8 heteroatoms. The van der Waals surface area contributed by atoms with Gasteiger partial charge in [0.25, 0.3) is 0 Å². The van der Waals surface area contributed by atoms with Crippen molar-refractivity contribution in [2.24, 2.45) is 11.8 Å². The molecular formula is C21H29N5O3. The number of nitrogens with zero attached hydrogens (tertiary/aromatic N) is 4. The fourth-order valence-electron chi connectivity index (χ4n) is 4.41. The topological polar surface area (TPSA) is 104 Å². The predicted molar refractivity (Wildman–Crippen MR) is 106 cm³/mol. The Balaban J connectivity index is 1.18. The number of rotatable bonds is 11. The fraction of sp³-hybridized carbons (Fsp3) is 0.619. The Hall–Kier alpha value is -2.48. The zero-order valence-corrected chi connectivity index (χ0v) is 16.6. The first-order chi connectivity index (χ1) is 14.2. The van der Waals surface area contributed by atoms with Crippen molar-refractivity contribution in [1.82, 2.24) is 25.5 Å². The van der Waals surface area contributed by atoms with Crippen LogP contribution in [0.1, 0.15) is 43.5 Å². The quantitative estimate of drug-likeness (QED) is 0.562. The molecule has 1 saturated carbocycles. The molecule has 0 spiro atoms. The second-order valence-electron chi connectivity index (χ2n) is 8.15. The third-order valence-corrected chi connectivity index (χ3v) is 6.12. The van der Waals surface area contributed by atoms with Gasteiger partial charge in [-0.1, -0.05) is 48.4 Å². The number of carbonyl (C=O) groups excluding carboxylic acids is 1. The lowest BCUT2D eigenvalue weighted by atomic mass is 10.0. The lowest BCUT2D eigenvalue weighted by Gasteiger charge is -2.22. The molecular weight excluding hydrogens is 370 g/mol. The second kappa shape index (κ2) is 9.35. The first-order valence-electron chi connectivity index (χ1n) is 10.6. The van der Waals surface area contributed by atoms with Crippen LogP contribution in [0.4, 0.5) is 4.79 Å². The van der Waals surface area contributed by atoms with E-state index < -0.39 is 0 Å². The average Bonchev–Trinajstić information content (AvgIpc) is 3.18. The molecule has 8 nitrogen and oxygen atoms in total.